The number of nitrogens with one attached hydrogen (secondary N) is 1. The molecule has 2 rings (SSSR count). The summed E-state index contributed by atoms with van der Waals surface area (Å²) in [5.41, 5.74) is 0. The minimum Gasteiger partial charge on any atom is -0.404 e. The number of nitrogens with zero attached hydrogens (tertiary/aromatic N) is 3. The summed E-state index contributed by atoms with van der Waals surface area (Å²) in [6.45, 7) is 2.35. The largest absolute Gasteiger partial charge is 0.433 e. The van der Waals surface area contributed by atoms with Crippen LogP contribution in [0.15, 0.2) is 16.5 Å². The topological polar surface area (TPSA) is 94.1 Å². The molecule has 2 heterocycles. The lowest BCUT2D eigenvalue weighted by atomic mass is 10.4. The monoisotopic (exact) mass is 254 g/mol. The van der Waals surface area contributed by atoms with E-state index in [1.54, 1.807) is 6.07 Å². The fourth-order valence-electron chi connectivity index (χ4n) is 1.19. The van der Waals surface area contributed by atoms with Gasteiger partial charge in [0.05, 0.1) is 12.6 Å². The van der Waals surface area contributed by atoms with Gasteiger partial charge in [-0.1, -0.05) is 18.3 Å². The Morgan fingerprint density at radius 1 is 1.53 bits per heavy atom. The van der Waals surface area contributed by atoms with E-state index >= 15 is 0 Å². The van der Waals surface area contributed by atoms with Crippen LogP contribution in [-0.4, -0.2) is 15.1 Å². The summed E-state index contributed by atoms with van der Waals surface area (Å²) in [5, 5.41) is 22.9. The number of hydrogen-bond donors (Lipinski definition) is 1. The summed E-state index contributed by atoms with van der Waals surface area (Å²) in [7, 11) is 0. The van der Waals surface area contributed by atoms with Gasteiger partial charge >= 0.3 is 5.88 Å². The molecule has 0 spiro atoms. The Kier molecular flexibility index (Phi) is 3.33. The van der Waals surface area contributed by atoms with Crippen LogP contribution in [0.1, 0.15) is 17.7 Å². The normalized spacial score (nSPS) is 10.4. The van der Waals surface area contributed by atoms with E-state index in [0.717, 1.165) is 11.4 Å². The number of anilines is 1. The van der Waals surface area contributed by atoms with Crippen LogP contribution >= 0.6 is 11.3 Å². The third kappa shape index (κ3) is 2.78. The summed E-state index contributed by atoms with van der Waals surface area (Å²) in [6, 6.07) is 2.89. The Labute approximate surface area is 101 Å². The Bertz CT molecular complexity index is 522. The number of aromatic nitrogens is 2. The highest BCUT2D eigenvalue weighted by atomic mass is 32.1. The average molecular weight is 254 g/mol. The number of hydrogen-bond acceptors (Lipinski definition) is 7. The maximum absolute atomic E-state index is 10.4. The molecule has 0 aliphatic rings. The minimum absolute atomic E-state index is 0.256. The van der Waals surface area contributed by atoms with Gasteiger partial charge < -0.3 is 9.73 Å². The fraction of sp³-hybridized carbons (Fsp3) is 0.333. The maximum atomic E-state index is 10.4. The first-order valence-electron chi connectivity index (χ1n) is 4.98. The lowest BCUT2D eigenvalue weighted by Gasteiger charge is -1.96. The predicted octanol–water partition coefficient (Wildman–Crippen LogP) is 2.21. The zero-order chi connectivity index (χ0) is 12.3. The van der Waals surface area contributed by atoms with Crippen LogP contribution in [0.5, 0.6) is 0 Å². The maximum Gasteiger partial charge on any atom is 0.433 e. The van der Waals surface area contributed by atoms with Gasteiger partial charge in [0.1, 0.15) is 15.7 Å². The average Bonchev–Trinajstić information content (AvgIpc) is 2.95. The summed E-state index contributed by atoms with van der Waals surface area (Å²) < 4.78 is 4.99. The molecule has 0 amide bonds. The molecule has 0 saturated carbocycles. The zero-order valence-corrected chi connectivity index (χ0v) is 9.86. The van der Waals surface area contributed by atoms with Crippen molar-refractivity contribution < 1.29 is 9.34 Å². The van der Waals surface area contributed by atoms with Gasteiger partial charge in [0, 0.05) is 0 Å². The quantitative estimate of drug-likeness (QED) is 0.649. The highest BCUT2D eigenvalue weighted by Crippen LogP contribution is 2.19. The van der Waals surface area contributed by atoms with Crippen molar-refractivity contribution in [2.75, 3.05) is 5.32 Å². The molecule has 0 radical (unpaired) electrons. The molecule has 2 aromatic heterocycles. The molecule has 8 heteroatoms. The second kappa shape index (κ2) is 4.91. The molecule has 0 atom stereocenters. The van der Waals surface area contributed by atoms with Gasteiger partial charge in [0.2, 0.25) is 5.13 Å². The molecule has 0 aromatic carbocycles. The molecule has 0 saturated heterocycles. The molecule has 1 N–H and O–H groups in total. The van der Waals surface area contributed by atoms with Gasteiger partial charge in [-0.15, -0.1) is 10.2 Å². The van der Waals surface area contributed by atoms with Gasteiger partial charge in [0.15, 0.2) is 0 Å². The Hall–Kier alpha value is -1.96. The van der Waals surface area contributed by atoms with Crippen molar-refractivity contribution in [2.45, 2.75) is 19.9 Å². The van der Waals surface area contributed by atoms with Crippen LogP contribution in [0, 0.1) is 10.1 Å². The Balaban J connectivity index is 1.94. The Morgan fingerprint density at radius 2 is 2.35 bits per heavy atom. The standard InChI is InChI=1S/C9H10N4O3S/c1-2-7-11-12-9(17-7)10-5-6-3-4-8(16-6)13(14)15/h3-4H,2,5H2,1H3,(H,10,12). The summed E-state index contributed by atoms with van der Waals surface area (Å²) in [4.78, 5) is 9.84. The number of furan rings is 1. The second-order valence-corrected chi connectivity index (χ2v) is 4.27. The zero-order valence-electron chi connectivity index (χ0n) is 9.04. The van der Waals surface area contributed by atoms with E-state index in [4.69, 9.17) is 4.42 Å². The molecular formula is C9H10N4O3S. The van der Waals surface area contributed by atoms with Crippen molar-refractivity contribution in [3.63, 3.8) is 0 Å². The second-order valence-electron chi connectivity index (χ2n) is 3.21. The van der Waals surface area contributed by atoms with Crippen LogP contribution in [0.25, 0.3) is 0 Å². The van der Waals surface area contributed by atoms with Crippen molar-refractivity contribution >= 4 is 22.4 Å². The van der Waals surface area contributed by atoms with Crippen LogP contribution in [0.2, 0.25) is 0 Å². The van der Waals surface area contributed by atoms with Crippen LogP contribution < -0.4 is 5.32 Å². The van der Waals surface area contributed by atoms with E-state index in [0.29, 0.717) is 17.4 Å². The minimum atomic E-state index is -0.566. The SMILES string of the molecule is CCc1nnc(NCc2ccc([N+](=O)[O-])o2)s1. The summed E-state index contributed by atoms with van der Waals surface area (Å²) in [6.07, 6.45) is 0.839. The third-order valence-corrected chi connectivity index (χ3v) is 3.04. The molecule has 0 aliphatic carbocycles. The van der Waals surface area contributed by atoms with Gasteiger partial charge in [-0.3, -0.25) is 10.1 Å². The van der Waals surface area contributed by atoms with Crippen molar-refractivity contribution in [1.29, 1.82) is 0 Å². The molecule has 17 heavy (non-hydrogen) atoms. The number of rotatable bonds is 5. The first-order chi connectivity index (χ1) is 8.19. The number of nitro groups is 1. The first kappa shape index (κ1) is 11.5. The van der Waals surface area contributed by atoms with Crippen LogP contribution in [-0.2, 0) is 13.0 Å². The smallest absolute Gasteiger partial charge is 0.404 e. The van der Waals surface area contributed by atoms with Crippen molar-refractivity contribution in [1.82, 2.24) is 10.2 Å². The van der Waals surface area contributed by atoms with Crippen molar-refractivity contribution in [3.8, 4) is 0 Å². The van der Waals surface area contributed by atoms with Crippen LogP contribution in [0.4, 0.5) is 11.0 Å². The lowest BCUT2D eigenvalue weighted by molar-refractivity contribution is -0.402. The van der Waals surface area contributed by atoms with E-state index in [2.05, 4.69) is 15.5 Å². The molecule has 0 bridgehead atoms. The summed E-state index contributed by atoms with van der Waals surface area (Å²) >= 11 is 1.46. The molecule has 2 aromatic rings. The molecular weight excluding hydrogens is 244 g/mol. The number of aryl methyl sites for hydroxylation is 1. The van der Waals surface area contributed by atoms with E-state index < -0.39 is 4.92 Å². The molecule has 0 fully saturated rings. The van der Waals surface area contributed by atoms with E-state index in [9.17, 15) is 10.1 Å². The van der Waals surface area contributed by atoms with Gasteiger partial charge in [-0.05, 0) is 12.5 Å². The Morgan fingerprint density at radius 3 is 2.94 bits per heavy atom. The fourth-order valence-corrected chi connectivity index (χ4v) is 1.87. The molecule has 7 nitrogen and oxygen atoms in total. The van der Waals surface area contributed by atoms with Gasteiger partial charge in [-0.25, -0.2) is 0 Å². The van der Waals surface area contributed by atoms with E-state index in [-0.39, 0.29) is 5.88 Å². The predicted molar refractivity (Wildman–Crippen MR) is 62.0 cm³/mol. The third-order valence-electron chi connectivity index (χ3n) is 2.01. The van der Waals surface area contributed by atoms with Crippen LogP contribution in [0.3, 0.4) is 0 Å². The van der Waals surface area contributed by atoms with Gasteiger partial charge in [0.25, 0.3) is 0 Å². The first-order valence-corrected chi connectivity index (χ1v) is 5.80. The molecule has 0 unspecified atom stereocenters. The van der Waals surface area contributed by atoms with Crippen molar-refractivity contribution in [3.05, 3.63) is 33.0 Å². The van der Waals surface area contributed by atoms with E-state index in [1.165, 1.54) is 17.4 Å². The van der Waals surface area contributed by atoms with Crippen molar-refractivity contribution in [2.24, 2.45) is 0 Å². The molecule has 90 valence electrons. The van der Waals surface area contributed by atoms with Gasteiger partial charge in [-0.2, -0.15) is 0 Å². The molecule has 0 aliphatic heterocycles. The lowest BCUT2D eigenvalue weighted by Crippen LogP contribution is -1.97. The highest BCUT2D eigenvalue weighted by molar-refractivity contribution is 7.15. The van der Waals surface area contributed by atoms with E-state index in [1.807, 2.05) is 6.92 Å². The summed E-state index contributed by atoms with van der Waals surface area (Å²) in [5.74, 6) is 0.234. The highest BCUT2D eigenvalue weighted by Gasteiger charge is 2.11.